The SMILES string of the molecule is COc1ccc(-n2nc(-c3ccc(OC)cc3OC)cc2C(=O)NCCc2ccc(Cl)cc2Cl)cc1. The third-order valence-corrected chi connectivity index (χ3v) is 6.23. The quantitative estimate of drug-likeness (QED) is 0.297. The van der Waals surface area contributed by atoms with Crippen LogP contribution in [0.5, 0.6) is 17.2 Å². The normalized spacial score (nSPS) is 10.7. The number of aromatic nitrogens is 2. The number of hydrogen-bond donors (Lipinski definition) is 1. The first-order valence-electron chi connectivity index (χ1n) is 11.1. The fourth-order valence-corrected chi connectivity index (χ4v) is 4.23. The second kappa shape index (κ2) is 11.4. The van der Waals surface area contributed by atoms with Crippen molar-refractivity contribution in [2.45, 2.75) is 6.42 Å². The molecule has 186 valence electrons. The summed E-state index contributed by atoms with van der Waals surface area (Å²) in [6.07, 6.45) is 0.553. The Kier molecular flexibility index (Phi) is 8.03. The van der Waals surface area contributed by atoms with Crippen molar-refractivity contribution in [1.82, 2.24) is 15.1 Å². The standard InChI is InChI=1S/C27H25Cl2N3O4/c1-34-20-8-6-19(7-9-20)32-25(27(33)30-13-12-17-4-5-18(28)14-23(17)29)16-24(31-32)22-11-10-21(35-2)15-26(22)36-3/h4-11,14-16H,12-13H2,1-3H3,(H,30,33). The number of benzene rings is 3. The van der Waals surface area contributed by atoms with Gasteiger partial charge in [-0.3, -0.25) is 4.79 Å². The number of carbonyl (C=O) groups is 1. The van der Waals surface area contributed by atoms with Gasteiger partial charge in [-0.25, -0.2) is 4.68 Å². The van der Waals surface area contributed by atoms with Gasteiger partial charge in [-0.1, -0.05) is 29.3 Å². The molecular formula is C27H25Cl2N3O4. The zero-order valence-electron chi connectivity index (χ0n) is 20.0. The van der Waals surface area contributed by atoms with E-state index in [1.165, 1.54) is 0 Å². The van der Waals surface area contributed by atoms with E-state index in [0.717, 1.165) is 11.1 Å². The van der Waals surface area contributed by atoms with E-state index in [4.69, 9.17) is 42.5 Å². The molecule has 4 aromatic rings. The van der Waals surface area contributed by atoms with Gasteiger partial charge in [0.15, 0.2) is 0 Å². The van der Waals surface area contributed by atoms with Crippen molar-refractivity contribution in [3.8, 4) is 34.2 Å². The van der Waals surface area contributed by atoms with Crippen LogP contribution in [-0.2, 0) is 6.42 Å². The van der Waals surface area contributed by atoms with Crippen LogP contribution in [-0.4, -0.2) is 43.6 Å². The van der Waals surface area contributed by atoms with Gasteiger partial charge in [0, 0.05) is 28.2 Å². The van der Waals surface area contributed by atoms with E-state index in [-0.39, 0.29) is 5.91 Å². The molecule has 7 nitrogen and oxygen atoms in total. The van der Waals surface area contributed by atoms with Gasteiger partial charge in [0.05, 0.1) is 32.7 Å². The first-order chi connectivity index (χ1) is 17.4. The Bertz CT molecular complexity index is 1370. The molecule has 3 aromatic carbocycles. The highest BCUT2D eigenvalue weighted by atomic mass is 35.5. The van der Waals surface area contributed by atoms with Crippen LogP contribution in [0.1, 0.15) is 16.1 Å². The fraction of sp³-hybridized carbons (Fsp3) is 0.185. The van der Waals surface area contributed by atoms with E-state index >= 15 is 0 Å². The molecule has 0 radical (unpaired) electrons. The molecule has 0 aliphatic rings. The van der Waals surface area contributed by atoms with E-state index in [9.17, 15) is 4.79 Å². The molecule has 9 heteroatoms. The predicted molar refractivity (Wildman–Crippen MR) is 141 cm³/mol. The van der Waals surface area contributed by atoms with Crippen molar-refractivity contribution >= 4 is 29.1 Å². The highest BCUT2D eigenvalue weighted by molar-refractivity contribution is 6.35. The van der Waals surface area contributed by atoms with Crippen LogP contribution in [0.2, 0.25) is 10.0 Å². The highest BCUT2D eigenvalue weighted by Crippen LogP contribution is 2.33. The molecule has 0 saturated carbocycles. The van der Waals surface area contributed by atoms with E-state index in [1.807, 2.05) is 42.5 Å². The van der Waals surface area contributed by atoms with Gasteiger partial charge in [0.2, 0.25) is 0 Å². The number of halogens is 2. The summed E-state index contributed by atoms with van der Waals surface area (Å²) in [5.41, 5.74) is 3.29. The zero-order valence-corrected chi connectivity index (χ0v) is 21.6. The van der Waals surface area contributed by atoms with Gasteiger partial charge in [-0.05, 0) is 66.6 Å². The van der Waals surface area contributed by atoms with Crippen LogP contribution < -0.4 is 19.5 Å². The number of rotatable bonds is 9. The Balaban J connectivity index is 1.65. The smallest absolute Gasteiger partial charge is 0.270 e. The largest absolute Gasteiger partial charge is 0.497 e. The molecule has 1 N–H and O–H groups in total. The lowest BCUT2D eigenvalue weighted by Gasteiger charge is -2.10. The molecule has 1 aromatic heterocycles. The fourth-order valence-electron chi connectivity index (χ4n) is 3.73. The van der Waals surface area contributed by atoms with Crippen LogP contribution in [0.15, 0.2) is 66.7 Å². The van der Waals surface area contributed by atoms with Crippen molar-refractivity contribution in [1.29, 1.82) is 0 Å². The Hall–Kier alpha value is -3.68. The Morgan fingerprint density at radius 3 is 2.28 bits per heavy atom. The molecule has 4 rings (SSSR count). The summed E-state index contributed by atoms with van der Waals surface area (Å²) in [6.45, 7) is 0.384. The van der Waals surface area contributed by atoms with Crippen molar-refractivity contribution in [2.75, 3.05) is 27.9 Å². The van der Waals surface area contributed by atoms with Crippen LogP contribution in [0.4, 0.5) is 0 Å². The molecule has 0 aliphatic heterocycles. The highest BCUT2D eigenvalue weighted by Gasteiger charge is 2.20. The van der Waals surface area contributed by atoms with Crippen molar-refractivity contribution in [3.05, 3.63) is 88.0 Å². The molecule has 0 aliphatic carbocycles. The van der Waals surface area contributed by atoms with Gasteiger partial charge in [0.25, 0.3) is 5.91 Å². The number of nitrogens with zero attached hydrogens (tertiary/aromatic N) is 2. The summed E-state index contributed by atoms with van der Waals surface area (Å²) < 4.78 is 17.7. The lowest BCUT2D eigenvalue weighted by molar-refractivity contribution is 0.0946. The number of amides is 1. The van der Waals surface area contributed by atoms with E-state index in [2.05, 4.69) is 5.32 Å². The lowest BCUT2D eigenvalue weighted by Crippen LogP contribution is -2.27. The summed E-state index contributed by atoms with van der Waals surface area (Å²) >= 11 is 12.3. The molecule has 0 atom stereocenters. The molecule has 0 spiro atoms. The van der Waals surface area contributed by atoms with Crippen molar-refractivity contribution < 1.29 is 19.0 Å². The maximum Gasteiger partial charge on any atom is 0.270 e. The minimum Gasteiger partial charge on any atom is -0.497 e. The third kappa shape index (κ3) is 5.58. The summed E-state index contributed by atoms with van der Waals surface area (Å²) in [5.74, 6) is 1.66. The maximum absolute atomic E-state index is 13.3. The van der Waals surface area contributed by atoms with Crippen LogP contribution in [0.3, 0.4) is 0 Å². The number of hydrogen-bond acceptors (Lipinski definition) is 5. The topological polar surface area (TPSA) is 74.6 Å². The Labute approximate surface area is 219 Å². The Morgan fingerprint density at radius 1 is 0.889 bits per heavy atom. The average Bonchev–Trinajstić information content (AvgIpc) is 3.35. The number of methoxy groups -OCH3 is 3. The molecule has 1 heterocycles. The summed E-state index contributed by atoms with van der Waals surface area (Å²) in [7, 11) is 4.77. The molecule has 0 bridgehead atoms. The van der Waals surface area contributed by atoms with E-state index in [1.54, 1.807) is 50.3 Å². The van der Waals surface area contributed by atoms with Crippen LogP contribution in [0.25, 0.3) is 16.9 Å². The molecule has 0 fully saturated rings. The van der Waals surface area contributed by atoms with Gasteiger partial charge in [-0.2, -0.15) is 5.10 Å². The predicted octanol–water partition coefficient (Wildman–Crippen LogP) is 5.84. The molecule has 1 amide bonds. The minimum absolute atomic E-state index is 0.276. The first-order valence-corrected chi connectivity index (χ1v) is 11.9. The second-order valence-electron chi connectivity index (χ2n) is 7.83. The number of ether oxygens (including phenoxy) is 3. The summed E-state index contributed by atoms with van der Waals surface area (Å²) in [5, 5.41) is 8.84. The Morgan fingerprint density at radius 2 is 1.61 bits per heavy atom. The van der Waals surface area contributed by atoms with E-state index < -0.39 is 0 Å². The summed E-state index contributed by atoms with van der Waals surface area (Å²) in [4.78, 5) is 13.3. The second-order valence-corrected chi connectivity index (χ2v) is 8.68. The van der Waals surface area contributed by atoms with Gasteiger partial charge < -0.3 is 19.5 Å². The van der Waals surface area contributed by atoms with Crippen molar-refractivity contribution in [2.24, 2.45) is 0 Å². The monoisotopic (exact) mass is 525 g/mol. The number of nitrogens with one attached hydrogen (secondary N) is 1. The average molecular weight is 526 g/mol. The van der Waals surface area contributed by atoms with Gasteiger partial charge in [0.1, 0.15) is 22.9 Å². The third-order valence-electron chi connectivity index (χ3n) is 5.64. The lowest BCUT2D eigenvalue weighted by atomic mass is 10.1. The van der Waals surface area contributed by atoms with Gasteiger partial charge >= 0.3 is 0 Å². The molecule has 0 saturated heterocycles. The van der Waals surface area contributed by atoms with Crippen LogP contribution in [0, 0.1) is 0 Å². The van der Waals surface area contributed by atoms with Crippen LogP contribution >= 0.6 is 23.2 Å². The number of carbonyl (C=O) groups excluding carboxylic acids is 1. The molecular weight excluding hydrogens is 501 g/mol. The molecule has 36 heavy (non-hydrogen) atoms. The van der Waals surface area contributed by atoms with Crippen molar-refractivity contribution in [3.63, 3.8) is 0 Å². The summed E-state index contributed by atoms with van der Waals surface area (Å²) in [6, 6.07) is 19.8. The first kappa shape index (κ1) is 25.4. The minimum atomic E-state index is -0.276. The van der Waals surface area contributed by atoms with Gasteiger partial charge in [-0.15, -0.1) is 0 Å². The van der Waals surface area contributed by atoms with E-state index in [0.29, 0.717) is 57.3 Å². The molecule has 0 unspecified atom stereocenters. The zero-order chi connectivity index (χ0) is 25.7. The maximum atomic E-state index is 13.3.